The highest BCUT2D eigenvalue weighted by molar-refractivity contribution is 6.32. The summed E-state index contributed by atoms with van der Waals surface area (Å²) >= 11 is 6.31. The number of methoxy groups -OCH3 is 1. The number of nitrogens with one attached hydrogen (secondary N) is 3. The Balaban J connectivity index is 1.53. The lowest BCUT2D eigenvalue weighted by Crippen LogP contribution is -2.36. The summed E-state index contributed by atoms with van der Waals surface area (Å²) in [4.78, 5) is 29.2. The number of aryl methyl sites for hydroxylation is 2. The molecular formula is C27H37ClN4O4. The van der Waals surface area contributed by atoms with E-state index in [2.05, 4.69) is 20.9 Å². The van der Waals surface area contributed by atoms with Gasteiger partial charge in [0.05, 0.1) is 19.4 Å². The van der Waals surface area contributed by atoms with Crippen molar-refractivity contribution in [3.05, 3.63) is 46.2 Å². The number of halogens is 1. The first-order valence-corrected chi connectivity index (χ1v) is 13.0. The lowest BCUT2D eigenvalue weighted by atomic mass is 9.85. The van der Waals surface area contributed by atoms with Gasteiger partial charge >= 0.3 is 6.09 Å². The molecule has 8 nitrogen and oxygen atoms in total. The van der Waals surface area contributed by atoms with Crippen LogP contribution in [0.5, 0.6) is 5.75 Å². The monoisotopic (exact) mass is 516 g/mol. The van der Waals surface area contributed by atoms with Gasteiger partial charge in [-0.05, 0) is 68.7 Å². The average molecular weight is 517 g/mol. The summed E-state index contributed by atoms with van der Waals surface area (Å²) in [6.07, 6.45) is 6.30. The molecule has 0 bridgehead atoms. The van der Waals surface area contributed by atoms with Crippen molar-refractivity contribution < 1.29 is 19.1 Å². The van der Waals surface area contributed by atoms with Crippen molar-refractivity contribution in [3.8, 4) is 5.75 Å². The van der Waals surface area contributed by atoms with Crippen molar-refractivity contribution in [2.75, 3.05) is 24.4 Å². The number of aromatic nitrogens is 1. The van der Waals surface area contributed by atoms with Gasteiger partial charge in [0.2, 0.25) is 5.91 Å². The van der Waals surface area contributed by atoms with Crippen molar-refractivity contribution >= 4 is 35.0 Å². The standard InChI is InChI=1S/C27H37ClN4O4/c1-5-6-13-36-27(34)32-24-22(18(3)15-30-25(24)28)16-29-20-11-8-19(9-12-20)26(33)31-21-10-7-17(2)23(14-21)35-4/h7,10,14-15,19-20,29H,5-6,8-9,11-13,16H2,1-4H3,(H,31,33)(H,32,34). The first-order valence-electron chi connectivity index (χ1n) is 12.6. The van der Waals surface area contributed by atoms with E-state index < -0.39 is 6.09 Å². The van der Waals surface area contributed by atoms with Crippen molar-refractivity contribution in [3.63, 3.8) is 0 Å². The molecule has 0 saturated heterocycles. The largest absolute Gasteiger partial charge is 0.496 e. The SMILES string of the molecule is CCCCOC(=O)Nc1c(Cl)ncc(C)c1CNC1CCC(C(=O)Nc2ccc(C)c(OC)c2)CC1. The number of carbonyl (C=O) groups is 2. The molecule has 1 heterocycles. The Morgan fingerprint density at radius 1 is 1.11 bits per heavy atom. The van der Waals surface area contributed by atoms with Gasteiger partial charge in [-0.25, -0.2) is 9.78 Å². The molecule has 1 aromatic heterocycles. The van der Waals surface area contributed by atoms with E-state index in [4.69, 9.17) is 21.1 Å². The molecule has 1 saturated carbocycles. The number of unbranched alkanes of at least 4 members (excludes halogenated alkanes) is 1. The van der Waals surface area contributed by atoms with E-state index in [0.717, 1.165) is 66.7 Å². The third-order valence-corrected chi connectivity index (χ3v) is 6.94. The highest BCUT2D eigenvalue weighted by Crippen LogP contribution is 2.30. The van der Waals surface area contributed by atoms with Crippen LogP contribution in [0.4, 0.5) is 16.2 Å². The summed E-state index contributed by atoms with van der Waals surface area (Å²) in [7, 11) is 1.63. The van der Waals surface area contributed by atoms with Crippen molar-refractivity contribution in [1.82, 2.24) is 10.3 Å². The first kappa shape index (κ1) is 27.7. The van der Waals surface area contributed by atoms with Crippen LogP contribution in [0.15, 0.2) is 24.4 Å². The number of anilines is 2. The predicted molar refractivity (Wildman–Crippen MR) is 143 cm³/mol. The van der Waals surface area contributed by atoms with Gasteiger partial charge in [-0.15, -0.1) is 0 Å². The smallest absolute Gasteiger partial charge is 0.411 e. The van der Waals surface area contributed by atoms with E-state index >= 15 is 0 Å². The third-order valence-electron chi connectivity index (χ3n) is 6.65. The fourth-order valence-corrected chi connectivity index (χ4v) is 4.58. The summed E-state index contributed by atoms with van der Waals surface area (Å²) in [6, 6.07) is 5.96. The molecule has 1 aromatic carbocycles. The molecule has 3 rings (SSSR count). The Hall–Kier alpha value is -2.84. The van der Waals surface area contributed by atoms with E-state index in [-0.39, 0.29) is 23.0 Å². The van der Waals surface area contributed by atoms with Crippen LogP contribution in [0.2, 0.25) is 5.15 Å². The Bertz CT molecular complexity index is 1050. The van der Waals surface area contributed by atoms with E-state index in [1.807, 2.05) is 39.0 Å². The number of amides is 2. The molecule has 2 aromatic rings. The second-order valence-electron chi connectivity index (χ2n) is 9.30. The molecule has 196 valence electrons. The number of ether oxygens (including phenoxy) is 2. The molecular weight excluding hydrogens is 480 g/mol. The second kappa shape index (κ2) is 13.5. The molecule has 1 aliphatic carbocycles. The minimum absolute atomic E-state index is 0.0254. The summed E-state index contributed by atoms with van der Waals surface area (Å²) in [5, 5.41) is 9.61. The quantitative estimate of drug-likeness (QED) is 0.264. The minimum atomic E-state index is -0.531. The molecule has 0 unspecified atom stereocenters. The molecule has 2 amide bonds. The first-order chi connectivity index (χ1) is 17.3. The fraction of sp³-hybridized carbons (Fsp3) is 0.519. The highest BCUT2D eigenvalue weighted by Gasteiger charge is 2.27. The van der Waals surface area contributed by atoms with Crippen LogP contribution in [0.25, 0.3) is 0 Å². The zero-order chi connectivity index (χ0) is 26.1. The van der Waals surface area contributed by atoms with Crippen LogP contribution < -0.4 is 20.7 Å². The number of benzene rings is 1. The summed E-state index contributed by atoms with van der Waals surface area (Å²) in [6.45, 7) is 6.84. The van der Waals surface area contributed by atoms with Crippen LogP contribution >= 0.6 is 11.6 Å². The second-order valence-corrected chi connectivity index (χ2v) is 9.66. The number of hydrogen-bond acceptors (Lipinski definition) is 6. The van der Waals surface area contributed by atoms with Gasteiger partial charge in [-0.2, -0.15) is 0 Å². The van der Waals surface area contributed by atoms with E-state index in [1.165, 1.54) is 0 Å². The molecule has 1 aliphatic rings. The number of nitrogens with zero attached hydrogens (tertiary/aromatic N) is 1. The predicted octanol–water partition coefficient (Wildman–Crippen LogP) is 6.00. The number of rotatable bonds is 10. The number of hydrogen-bond donors (Lipinski definition) is 3. The van der Waals surface area contributed by atoms with Crippen LogP contribution in [-0.2, 0) is 16.1 Å². The zero-order valence-corrected chi connectivity index (χ0v) is 22.3. The van der Waals surface area contributed by atoms with Gasteiger partial charge in [0.15, 0.2) is 5.15 Å². The van der Waals surface area contributed by atoms with E-state index in [1.54, 1.807) is 13.3 Å². The Kier molecular flexibility index (Phi) is 10.4. The lowest BCUT2D eigenvalue weighted by molar-refractivity contribution is -0.120. The van der Waals surface area contributed by atoms with Crippen LogP contribution in [0, 0.1) is 19.8 Å². The van der Waals surface area contributed by atoms with Crippen molar-refractivity contribution in [1.29, 1.82) is 0 Å². The molecule has 36 heavy (non-hydrogen) atoms. The minimum Gasteiger partial charge on any atom is -0.496 e. The third kappa shape index (κ3) is 7.58. The van der Waals surface area contributed by atoms with Crippen molar-refractivity contribution in [2.24, 2.45) is 5.92 Å². The molecule has 0 atom stereocenters. The van der Waals surface area contributed by atoms with Gasteiger partial charge in [-0.3, -0.25) is 10.1 Å². The maximum Gasteiger partial charge on any atom is 0.411 e. The maximum atomic E-state index is 12.8. The zero-order valence-electron chi connectivity index (χ0n) is 21.6. The van der Waals surface area contributed by atoms with Crippen LogP contribution in [0.3, 0.4) is 0 Å². The molecule has 9 heteroatoms. The van der Waals surface area contributed by atoms with Gasteiger partial charge in [0.1, 0.15) is 5.75 Å². The Labute approximate surface area is 218 Å². The van der Waals surface area contributed by atoms with Gasteiger partial charge < -0.3 is 20.1 Å². The fourth-order valence-electron chi connectivity index (χ4n) is 4.37. The number of pyridine rings is 1. The molecule has 0 radical (unpaired) electrons. The van der Waals surface area contributed by atoms with Crippen molar-refractivity contribution in [2.45, 2.75) is 71.9 Å². The van der Waals surface area contributed by atoms with Gasteiger partial charge in [-0.1, -0.05) is 31.0 Å². The van der Waals surface area contributed by atoms with E-state index in [9.17, 15) is 9.59 Å². The van der Waals surface area contributed by atoms with E-state index in [0.29, 0.717) is 18.8 Å². The van der Waals surface area contributed by atoms with Gasteiger partial charge in [0.25, 0.3) is 0 Å². The summed E-state index contributed by atoms with van der Waals surface area (Å²) < 4.78 is 10.6. The molecule has 0 spiro atoms. The topological polar surface area (TPSA) is 102 Å². The molecule has 3 N–H and O–H groups in total. The summed E-state index contributed by atoms with van der Waals surface area (Å²) in [5.74, 6) is 0.780. The average Bonchev–Trinajstić information content (AvgIpc) is 2.87. The van der Waals surface area contributed by atoms with Crippen LogP contribution in [-0.4, -0.2) is 36.7 Å². The van der Waals surface area contributed by atoms with Gasteiger partial charge in [0, 0.05) is 36.5 Å². The molecule has 1 fully saturated rings. The molecule has 0 aliphatic heterocycles. The number of carbonyl (C=O) groups excluding carboxylic acids is 2. The Morgan fingerprint density at radius 2 is 1.86 bits per heavy atom. The maximum absolute atomic E-state index is 12.8. The normalized spacial score (nSPS) is 17.4. The summed E-state index contributed by atoms with van der Waals surface area (Å²) in [5.41, 5.74) is 4.07. The highest BCUT2D eigenvalue weighted by atomic mass is 35.5. The van der Waals surface area contributed by atoms with Crippen LogP contribution in [0.1, 0.15) is 62.1 Å². The lowest BCUT2D eigenvalue weighted by Gasteiger charge is -2.29. The Morgan fingerprint density at radius 3 is 2.56 bits per heavy atom.